The first-order valence-corrected chi connectivity index (χ1v) is 9.95. The topological polar surface area (TPSA) is 58.6 Å². The number of benzene rings is 1. The Morgan fingerprint density at radius 3 is 2.96 bits per heavy atom. The van der Waals surface area contributed by atoms with E-state index in [1.807, 2.05) is 17.5 Å². The Labute approximate surface area is 161 Å². The second-order valence-electron chi connectivity index (χ2n) is 6.95. The first-order chi connectivity index (χ1) is 13.1. The lowest BCUT2D eigenvalue weighted by molar-refractivity contribution is -0.131. The number of fused-ring (bicyclic) bond motifs is 1. The summed E-state index contributed by atoms with van der Waals surface area (Å²) in [4.78, 5) is 28.3. The molecule has 2 fully saturated rings. The van der Waals surface area contributed by atoms with Gasteiger partial charge in [-0.3, -0.25) is 9.59 Å². The van der Waals surface area contributed by atoms with Crippen LogP contribution in [0.2, 0.25) is 0 Å². The molecular formula is C20H21FN2O3S. The summed E-state index contributed by atoms with van der Waals surface area (Å²) in [6, 6.07) is 9.92. The van der Waals surface area contributed by atoms with Crippen molar-refractivity contribution in [2.24, 2.45) is 5.92 Å². The molecule has 2 aliphatic rings. The lowest BCUT2D eigenvalue weighted by Gasteiger charge is -2.22. The number of rotatable bonds is 5. The number of nitrogens with one attached hydrogen (secondary N) is 1. The van der Waals surface area contributed by atoms with E-state index in [1.54, 1.807) is 28.4 Å². The number of ether oxygens (including phenoxy) is 1. The normalized spacial score (nSPS) is 24.0. The van der Waals surface area contributed by atoms with E-state index in [4.69, 9.17) is 4.74 Å². The van der Waals surface area contributed by atoms with Gasteiger partial charge in [0.2, 0.25) is 11.8 Å². The van der Waals surface area contributed by atoms with Gasteiger partial charge in [-0.15, -0.1) is 11.3 Å². The molecule has 7 heteroatoms. The van der Waals surface area contributed by atoms with Gasteiger partial charge in [0, 0.05) is 18.0 Å². The van der Waals surface area contributed by atoms with Crippen LogP contribution < -0.4 is 5.32 Å². The van der Waals surface area contributed by atoms with Gasteiger partial charge in [-0.2, -0.15) is 0 Å². The van der Waals surface area contributed by atoms with Crippen LogP contribution in [-0.4, -0.2) is 42.0 Å². The van der Waals surface area contributed by atoms with Crippen molar-refractivity contribution in [1.82, 2.24) is 10.2 Å². The van der Waals surface area contributed by atoms with Crippen LogP contribution in [0.15, 0.2) is 41.8 Å². The highest BCUT2D eigenvalue weighted by Crippen LogP contribution is 2.34. The molecule has 2 aromatic rings. The lowest BCUT2D eigenvalue weighted by Crippen LogP contribution is -2.38. The number of halogens is 1. The summed E-state index contributed by atoms with van der Waals surface area (Å²) in [6.45, 7) is 1.38. The maximum absolute atomic E-state index is 13.4. The molecule has 5 nitrogen and oxygen atoms in total. The van der Waals surface area contributed by atoms with E-state index in [9.17, 15) is 14.0 Å². The minimum absolute atomic E-state index is 0.0800. The van der Waals surface area contributed by atoms with Crippen LogP contribution in [0.25, 0.3) is 0 Å². The van der Waals surface area contributed by atoms with Crippen LogP contribution in [0.3, 0.4) is 0 Å². The Hall–Kier alpha value is -2.25. The van der Waals surface area contributed by atoms with Gasteiger partial charge in [-0.1, -0.05) is 18.2 Å². The fraction of sp³-hybridized carbons (Fsp3) is 0.400. The molecule has 142 valence electrons. The monoisotopic (exact) mass is 388 g/mol. The average molecular weight is 388 g/mol. The Bertz CT molecular complexity index is 826. The van der Waals surface area contributed by atoms with E-state index < -0.39 is 0 Å². The van der Waals surface area contributed by atoms with Gasteiger partial charge in [-0.25, -0.2) is 4.39 Å². The Kier molecular flexibility index (Phi) is 5.22. The van der Waals surface area contributed by atoms with Gasteiger partial charge in [0.1, 0.15) is 5.82 Å². The summed E-state index contributed by atoms with van der Waals surface area (Å²) >= 11 is 1.59. The molecule has 2 aliphatic heterocycles. The lowest BCUT2D eigenvalue weighted by atomic mass is 10.0. The van der Waals surface area contributed by atoms with Crippen LogP contribution in [0.5, 0.6) is 0 Å². The van der Waals surface area contributed by atoms with E-state index in [1.165, 1.54) is 12.1 Å². The summed E-state index contributed by atoms with van der Waals surface area (Å²) in [6.07, 6.45) is 0.600. The third kappa shape index (κ3) is 3.89. The van der Waals surface area contributed by atoms with Crippen LogP contribution in [0, 0.1) is 11.7 Å². The maximum atomic E-state index is 13.4. The highest BCUT2D eigenvalue weighted by molar-refractivity contribution is 7.09. The molecule has 27 heavy (non-hydrogen) atoms. The zero-order valence-electron chi connectivity index (χ0n) is 14.8. The number of carbonyl (C=O) groups is 2. The molecular weight excluding hydrogens is 367 g/mol. The number of carbonyl (C=O) groups excluding carboxylic acids is 2. The number of thiophene rings is 1. The Balaban J connectivity index is 1.42. The molecule has 3 heterocycles. The minimum atomic E-state index is -0.367. The zero-order valence-corrected chi connectivity index (χ0v) is 15.6. The third-order valence-corrected chi connectivity index (χ3v) is 6.09. The fourth-order valence-electron chi connectivity index (χ4n) is 3.93. The quantitative estimate of drug-likeness (QED) is 0.856. The van der Waals surface area contributed by atoms with Crippen molar-refractivity contribution < 1.29 is 18.7 Å². The van der Waals surface area contributed by atoms with Crippen molar-refractivity contribution in [3.63, 3.8) is 0 Å². The maximum Gasteiger partial charge on any atom is 0.227 e. The van der Waals surface area contributed by atoms with Crippen LogP contribution >= 0.6 is 11.3 Å². The van der Waals surface area contributed by atoms with Crippen molar-refractivity contribution in [2.45, 2.75) is 31.5 Å². The van der Waals surface area contributed by atoms with Gasteiger partial charge in [0.15, 0.2) is 0 Å². The van der Waals surface area contributed by atoms with Crippen molar-refractivity contribution in [3.05, 3.63) is 58.0 Å². The molecule has 0 saturated carbocycles. The fourth-order valence-corrected chi connectivity index (χ4v) is 4.57. The average Bonchev–Trinajstić information content (AvgIpc) is 3.37. The molecule has 0 radical (unpaired) electrons. The van der Waals surface area contributed by atoms with Gasteiger partial charge in [0.05, 0.1) is 31.0 Å². The van der Waals surface area contributed by atoms with Crippen LogP contribution in [-0.2, 0) is 27.3 Å². The molecule has 0 unspecified atom stereocenters. The third-order valence-electron chi connectivity index (χ3n) is 5.21. The SMILES string of the molecule is O=C(NCc1cccs1)[C@@H]1CN(C(=O)Cc2cccc(F)c2)[C@H]2CCO[C@@H]12. The second kappa shape index (κ2) is 7.78. The van der Waals surface area contributed by atoms with E-state index >= 15 is 0 Å². The first kappa shape index (κ1) is 18.1. The smallest absolute Gasteiger partial charge is 0.227 e. The number of hydrogen-bond acceptors (Lipinski definition) is 4. The second-order valence-corrected chi connectivity index (χ2v) is 7.98. The summed E-state index contributed by atoms with van der Waals surface area (Å²) in [5.41, 5.74) is 0.640. The Morgan fingerprint density at radius 2 is 2.19 bits per heavy atom. The van der Waals surface area contributed by atoms with E-state index in [0.29, 0.717) is 25.3 Å². The molecule has 3 atom stereocenters. The molecule has 2 amide bonds. The summed E-state index contributed by atoms with van der Waals surface area (Å²) in [5.74, 6) is -0.889. The predicted molar refractivity (Wildman–Crippen MR) is 99.6 cm³/mol. The number of nitrogens with zero attached hydrogens (tertiary/aromatic N) is 1. The van der Waals surface area contributed by atoms with E-state index in [2.05, 4.69) is 5.32 Å². The Morgan fingerprint density at radius 1 is 1.30 bits per heavy atom. The van der Waals surface area contributed by atoms with Crippen molar-refractivity contribution in [1.29, 1.82) is 0 Å². The largest absolute Gasteiger partial charge is 0.375 e. The predicted octanol–water partition coefficient (Wildman–Crippen LogP) is 2.36. The summed E-state index contributed by atoms with van der Waals surface area (Å²) in [7, 11) is 0. The van der Waals surface area contributed by atoms with Crippen molar-refractivity contribution in [3.8, 4) is 0 Å². The zero-order chi connectivity index (χ0) is 18.8. The molecule has 1 aromatic carbocycles. The van der Waals surface area contributed by atoms with Crippen LogP contribution in [0.1, 0.15) is 16.9 Å². The summed E-state index contributed by atoms with van der Waals surface area (Å²) < 4.78 is 19.2. The van der Waals surface area contributed by atoms with E-state index in [0.717, 1.165) is 11.3 Å². The molecule has 1 aromatic heterocycles. The molecule has 2 saturated heterocycles. The molecule has 4 rings (SSSR count). The van der Waals surface area contributed by atoms with Crippen molar-refractivity contribution in [2.75, 3.05) is 13.2 Å². The molecule has 0 spiro atoms. The van der Waals surface area contributed by atoms with Gasteiger partial charge < -0.3 is 15.0 Å². The van der Waals surface area contributed by atoms with Gasteiger partial charge in [-0.05, 0) is 35.6 Å². The number of likely N-dealkylation sites (tertiary alicyclic amines) is 1. The molecule has 0 aliphatic carbocycles. The van der Waals surface area contributed by atoms with Crippen molar-refractivity contribution >= 4 is 23.2 Å². The number of hydrogen-bond donors (Lipinski definition) is 1. The number of amides is 2. The highest BCUT2D eigenvalue weighted by Gasteiger charge is 2.50. The minimum Gasteiger partial charge on any atom is -0.375 e. The summed E-state index contributed by atoms with van der Waals surface area (Å²) in [5, 5.41) is 4.93. The van der Waals surface area contributed by atoms with Crippen LogP contribution in [0.4, 0.5) is 4.39 Å². The van der Waals surface area contributed by atoms with Gasteiger partial charge >= 0.3 is 0 Å². The standard InChI is InChI=1S/C20H21FN2O3S/c21-14-4-1-3-13(9-14)10-18(24)23-12-16(19-17(23)6-7-26-19)20(25)22-11-15-5-2-8-27-15/h1-5,8-9,16-17,19H,6-7,10-12H2,(H,22,25)/t16-,17+,19+/m1/s1. The van der Waals surface area contributed by atoms with Gasteiger partial charge in [0.25, 0.3) is 0 Å². The van der Waals surface area contributed by atoms with E-state index in [-0.39, 0.29) is 42.1 Å². The highest BCUT2D eigenvalue weighted by atomic mass is 32.1. The first-order valence-electron chi connectivity index (χ1n) is 9.07. The molecule has 0 bridgehead atoms. The molecule has 1 N–H and O–H groups in total.